The summed E-state index contributed by atoms with van der Waals surface area (Å²) in [6.07, 6.45) is 0.902. The quantitative estimate of drug-likeness (QED) is 0.784. The Bertz CT molecular complexity index is 438. The predicted molar refractivity (Wildman–Crippen MR) is 88.9 cm³/mol. The molecule has 1 aromatic heterocycles. The van der Waals surface area contributed by atoms with Crippen LogP contribution in [0, 0.1) is 5.92 Å². The molecule has 0 radical (unpaired) electrons. The van der Waals surface area contributed by atoms with Gasteiger partial charge in [-0.05, 0) is 41.5 Å². The van der Waals surface area contributed by atoms with E-state index >= 15 is 0 Å². The zero-order chi connectivity index (χ0) is 15.3. The largest absolute Gasteiger partial charge is 0.359 e. The summed E-state index contributed by atoms with van der Waals surface area (Å²) < 4.78 is 1.11. The van der Waals surface area contributed by atoms with Gasteiger partial charge >= 0.3 is 0 Å². The number of nitrogens with one attached hydrogen (secondary N) is 1. The first kappa shape index (κ1) is 17.6. The number of likely N-dealkylation sites (N-methyl/N-ethyl adjacent to an activating group) is 1. The third-order valence-corrected chi connectivity index (χ3v) is 5.19. The molecule has 0 saturated carbocycles. The standard InChI is InChI=1S/C14H24BrN3OS/c1-5-10(16)13(11-6-7-12(15)20-11)18(4)8-9(2)14(19)17-3/h6-7,9-10,13H,5,8,16H2,1-4H3,(H,17,19). The number of nitrogens with zero attached hydrogens (tertiary/aromatic N) is 1. The first-order valence-corrected chi connectivity index (χ1v) is 8.44. The van der Waals surface area contributed by atoms with Crippen LogP contribution in [0.1, 0.15) is 31.2 Å². The Morgan fingerprint density at radius 3 is 2.65 bits per heavy atom. The van der Waals surface area contributed by atoms with Crippen molar-refractivity contribution < 1.29 is 4.79 Å². The lowest BCUT2D eigenvalue weighted by Gasteiger charge is -2.33. The van der Waals surface area contributed by atoms with Crippen LogP contribution in [0.4, 0.5) is 0 Å². The van der Waals surface area contributed by atoms with E-state index in [1.165, 1.54) is 4.88 Å². The van der Waals surface area contributed by atoms with Crippen LogP contribution >= 0.6 is 27.3 Å². The Hall–Kier alpha value is -0.430. The Morgan fingerprint density at radius 1 is 1.55 bits per heavy atom. The number of rotatable bonds is 7. The molecule has 0 spiro atoms. The van der Waals surface area contributed by atoms with Gasteiger partial charge in [0.2, 0.25) is 5.91 Å². The van der Waals surface area contributed by atoms with Crippen molar-refractivity contribution in [3.8, 4) is 0 Å². The highest BCUT2D eigenvalue weighted by atomic mass is 79.9. The minimum Gasteiger partial charge on any atom is -0.359 e. The average Bonchev–Trinajstić information content (AvgIpc) is 2.83. The second-order valence-corrected chi connectivity index (χ2v) is 7.61. The fourth-order valence-electron chi connectivity index (χ4n) is 2.34. The van der Waals surface area contributed by atoms with Gasteiger partial charge in [-0.3, -0.25) is 9.69 Å². The van der Waals surface area contributed by atoms with Crippen molar-refractivity contribution >= 4 is 33.2 Å². The molecule has 3 unspecified atom stereocenters. The van der Waals surface area contributed by atoms with Gasteiger partial charge in [-0.25, -0.2) is 0 Å². The molecule has 3 atom stereocenters. The molecule has 0 aliphatic heterocycles. The summed E-state index contributed by atoms with van der Waals surface area (Å²) in [6, 6.07) is 4.35. The summed E-state index contributed by atoms with van der Waals surface area (Å²) in [5.74, 6) is 0.00740. The number of hydrogen-bond acceptors (Lipinski definition) is 4. The second kappa shape index (κ2) is 8.12. The van der Waals surface area contributed by atoms with Crippen LogP contribution in [-0.4, -0.2) is 37.5 Å². The second-order valence-electron chi connectivity index (χ2n) is 5.11. The number of nitrogens with two attached hydrogens (primary N) is 1. The van der Waals surface area contributed by atoms with Crippen molar-refractivity contribution in [1.29, 1.82) is 0 Å². The summed E-state index contributed by atoms with van der Waals surface area (Å²) >= 11 is 5.20. The number of thiophene rings is 1. The summed E-state index contributed by atoms with van der Waals surface area (Å²) in [6.45, 7) is 4.72. The van der Waals surface area contributed by atoms with Crippen molar-refractivity contribution in [2.45, 2.75) is 32.4 Å². The van der Waals surface area contributed by atoms with Gasteiger partial charge in [0.05, 0.1) is 9.83 Å². The molecule has 0 saturated heterocycles. The third-order valence-electron chi connectivity index (χ3n) is 3.49. The number of carbonyl (C=O) groups excluding carboxylic acids is 1. The van der Waals surface area contributed by atoms with E-state index in [0.29, 0.717) is 6.54 Å². The summed E-state index contributed by atoms with van der Waals surface area (Å²) in [5.41, 5.74) is 6.29. The van der Waals surface area contributed by atoms with Crippen molar-refractivity contribution in [3.05, 3.63) is 20.8 Å². The number of carbonyl (C=O) groups is 1. The molecule has 1 amide bonds. The molecule has 6 heteroatoms. The SMILES string of the molecule is CCC(N)C(c1ccc(Br)s1)N(C)CC(C)C(=O)NC. The lowest BCUT2D eigenvalue weighted by Crippen LogP contribution is -2.42. The van der Waals surface area contributed by atoms with Gasteiger partial charge in [0.15, 0.2) is 0 Å². The van der Waals surface area contributed by atoms with Gasteiger partial charge in [0.25, 0.3) is 0 Å². The van der Waals surface area contributed by atoms with Crippen LogP contribution in [0.3, 0.4) is 0 Å². The van der Waals surface area contributed by atoms with Gasteiger partial charge in [-0.15, -0.1) is 11.3 Å². The van der Waals surface area contributed by atoms with Gasteiger partial charge in [0, 0.05) is 30.4 Å². The Kier molecular flexibility index (Phi) is 7.15. The normalized spacial score (nSPS) is 15.9. The molecule has 0 fully saturated rings. The maximum absolute atomic E-state index is 11.7. The van der Waals surface area contributed by atoms with Gasteiger partial charge in [-0.2, -0.15) is 0 Å². The molecule has 114 valence electrons. The first-order chi connectivity index (χ1) is 9.40. The number of hydrogen-bond donors (Lipinski definition) is 2. The topological polar surface area (TPSA) is 58.4 Å². The lowest BCUT2D eigenvalue weighted by molar-refractivity contribution is -0.124. The van der Waals surface area contributed by atoms with E-state index in [-0.39, 0.29) is 23.9 Å². The van der Waals surface area contributed by atoms with E-state index < -0.39 is 0 Å². The van der Waals surface area contributed by atoms with E-state index in [2.05, 4.69) is 39.1 Å². The predicted octanol–water partition coefficient (Wildman–Crippen LogP) is 2.60. The first-order valence-electron chi connectivity index (χ1n) is 6.83. The van der Waals surface area contributed by atoms with Gasteiger partial charge in [-0.1, -0.05) is 13.8 Å². The van der Waals surface area contributed by atoms with Crippen molar-refractivity contribution in [2.24, 2.45) is 11.7 Å². The van der Waals surface area contributed by atoms with E-state index in [4.69, 9.17) is 5.73 Å². The summed E-state index contributed by atoms with van der Waals surface area (Å²) in [7, 11) is 3.71. The Labute approximate surface area is 133 Å². The molecule has 1 heterocycles. The smallest absolute Gasteiger partial charge is 0.223 e. The molecule has 1 rings (SSSR count). The van der Waals surface area contributed by atoms with E-state index in [9.17, 15) is 4.79 Å². The maximum atomic E-state index is 11.7. The third kappa shape index (κ3) is 4.55. The molecule has 3 N–H and O–H groups in total. The number of amides is 1. The van der Waals surface area contributed by atoms with Crippen LogP contribution < -0.4 is 11.1 Å². The minimum absolute atomic E-state index is 0.0556. The molecule has 1 aromatic rings. The monoisotopic (exact) mass is 361 g/mol. The summed E-state index contributed by atoms with van der Waals surface area (Å²) in [4.78, 5) is 15.1. The molecule has 0 aliphatic rings. The van der Waals surface area contributed by atoms with Crippen LogP contribution in [0.2, 0.25) is 0 Å². The van der Waals surface area contributed by atoms with Gasteiger partial charge < -0.3 is 11.1 Å². The molecule has 20 heavy (non-hydrogen) atoms. The molecule has 4 nitrogen and oxygen atoms in total. The van der Waals surface area contributed by atoms with E-state index in [1.807, 2.05) is 20.0 Å². The highest BCUT2D eigenvalue weighted by Gasteiger charge is 2.26. The lowest BCUT2D eigenvalue weighted by atomic mass is 10.0. The van der Waals surface area contributed by atoms with Crippen LogP contribution in [0.5, 0.6) is 0 Å². The van der Waals surface area contributed by atoms with E-state index in [0.717, 1.165) is 10.2 Å². The Balaban J connectivity index is 2.86. The fourth-order valence-corrected chi connectivity index (χ4v) is 4.01. The average molecular weight is 362 g/mol. The van der Waals surface area contributed by atoms with Crippen molar-refractivity contribution in [3.63, 3.8) is 0 Å². The fraction of sp³-hybridized carbons (Fsp3) is 0.643. The van der Waals surface area contributed by atoms with E-state index in [1.54, 1.807) is 18.4 Å². The number of halogens is 1. The van der Waals surface area contributed by atoms with Crippen molar-refractivity contribution in [1.82, 2.24) is 10.2 Å². The molecular weight excluding hydrogens is 338 g/mol. The minimum atomic E-state index is -0.0556. The molecule has 0 aromatic carbocycles. The zero-order valence-corrected chi connectivity index (χ0v) is 14.9. The van der Waals surface area contributed by atoms with Crippen molar-refractivity contribution in [2.75, 3.05) is 20.6 Å². The van der Waals surface area contributed by atoms with Gasteiger partial charge in [0.1, 0.15) is 0 Å². The molecule has 0 aliphatic carbocycles. The highest BCUT2D eigenvalue weighted by Crippen LogP contribution is 2.33. The van der Waals surface area contributed by atoms with Crippen LogP contribution in [0.15, 0.2) is 15.9 Å². The zero-order valence-electron chi connectivity index (χ0n) is 12.5. The Morgan fingerprint density at radius 2 is 2.20 bits per heavy atom. The molecule has 0 bridgehead atoms. The molecular formula is C14H24BrN3OS. The maximum Gasteiger partial charge on any atom is 0.223 e. The van der Waals surface area contributed by atoms with Crippen LogP contribution in [-0.2, 0) is 4.79 Å². The highest BCUT2D eigenvalue weighted by molar-refractivity contribution is 9.11. The van der Waals surface area contributed by atoms with Crippen LogP contribution in [0.25, 0.3) is 0 Å². The summed E-state index contributed by atoms with van der Waals surface area (Å²) in [5, 5.41) is 2.69.